The maximum absolute atomic E-state index is 12.0. The van der Waals surface area contributed by atoms with Gasteiger partial charge in [0.25, 0.3) is 0 Å². The molecular weight excluding hydrogens is 312 g/mol. The lowest BCUT2D eigenvalue weighted by Gasteiger charge is -2.08. The van der Waals surface area contributed by atoms with E-state index in [0.717, 1.165) is 0 Å². The predicted octanol–water partition coefficient (Wildman–Crippen LogP) is 2.15. The van der Waals surface area contributed by atoms with Crippen molar-refractivity contribution < 1.29 is 13.5 Å². The van der Waals surface area contributed by atoms with E-state index < -0.39 is 10.0 Å². The molecule has 0 aliphatic heterocycles. The summed E-state index contributed by atoms with van der Waals surface area (Å²) in [5.74, 6) is 0.0890. The fourth-order valence-electron chi connectivity index (χ4n) is 1.80. The molecule has 5 nitrogen and oxygen atoms in total. The number of aromatic hydroxyl groups is 1. The minimum absolute atomic E-state index is 0.0890. The minimum atomic E-state index is -3.59. The average Bonchev–Trinajstić information content (AvgIpc) is 2.43. The molecule has 7 heteroatoms. The highest BCUT2D eigenvalue weighted by atomic mass is 35.5. The van der Waals surface area contributed by atoms with Gasteiger partial charge in [0.05, 0.1) is 4.90 Å². The fourth-order valence-corrected chi connectivity index (χ4v) is 3.03. The summed E-state index contributed by atoms with van der Waals surface area (Å²) >= 11 is 5.83. The number of rotatable bonds is 5. The van der Waals surface area contributed by atoms with E-state index in [4.69, 9.17) is 17.3 Å². The molecule has 0 bridgehead atoms. The van der Waals surface area contributed by atoms with Gasteiger partial charge in [-0.3, -0.25) is 0 Å². The summed E-state index contributed by atoms with van der Waals surface area (Å²) in [6.45, 7) is 0.153. The lowest BCUT2D eigenvalue weighted by Crippen LogP contribution is -2.26. The van der Waals surface area contributed by atoms with E-state index in [0.29, 0.717) is 22.7 Å². The van der Waals surface area contributed by atoms with Gasteiger partial charge in [-0.2, -0.15) is 0 Å². The molecule has 2 aromatic carbocycles. The molecule has 0 fully saturated rings. The quantitative estimate of drug-likeness (QED) is 0.734. The van der Waals surface area contributed by atoms with E-state index in [1.807, 2.05) is 0 Å². The maximum Gasteiger partial charge on any atom is 0.240 e. The number of nitrogens with one attached hydrogen (secondary N) is 1. The van der Waals surface area contributed by atoms with Crippen LogP contribution in [0.1, 0.15) is 5.56 Å². The molecule has 4 N–H and O–H groups in total. The molecule has 0 saturated heterocycles. The number of phenolic OH excluding ortho intramolecular Hbond substituents is 1. The van der Waals surface area contributed by atoms with E-state index >= 15 is 0 Å². The highest BCUT2D eigenvalue weighted by Crippen LogP contribution is 2.21. The number of anilines is 1. The van der Waals surface area contributed by atoms with Crippen LogP contribution >= 0.6 is 11.6 Å². The Morgan fingerprint density at radius 1 is 1.14 bits per heavy atom. The number of hydrogen-bond donors (Lipinski definition) is 3. The zero-order chi connectivity index (χ0) is 15.5. The van der Waals surface area contributed by atoms with Crippen molar-refractivity contribution in [3.8, 4) is 5.75 Å². The van der Waals surface area contributed by atoms with Crippen LogP contribution in [0, 0.1) is 0 Å². The highest BCUT2D eigenvalue weighted by Gasteiger charge is 2.13. The topological polar surface area (TPSA) is 92.4 Å². The van der Waals surface area contributed by atoms with Crippen LogP contribution in [-0.2, 0) is 16.4 Å². The Balaban J connectivity index is 2.02. The van der Waals surface area contributed by atoms with Gasteiger partial charge in [-0.05, 0) is 54.4 Å². The van der Waals surface area contributed by atoms with E-state index in [2.05, 4.69) is 4.72 Å². The molecule has 0 atom stereocenters. The summed E-state index contributed by atoms with van der Waals surface area (Å²) in [6, 6.07) is 10.6. The molecule has 2 rings (SSSR count). The molecule has 0 heterocycles. The van der Waals surface area contributed by atoms with Crippen molar-refractivity contribution in [3.05, 3.63) is 53.1 Å². The Morgan fingerprint density at radius 3 is 2.48 bits per heavy atom. The number of benzene rings is 2. The third-order valence-corrected chi connectivity index (χ3v) is 4.63. The van der Waals surface area contributed by atoms with Crippen LogP contribution < -0.4 is 10.5 Å². The number of sulfonamides is 1. The summed E-state index contributed by atoms with van der Waals surface area (Å²) in [7, 11) is -3.59. The molecular formula is C14H15ClN2O3S. The van der Waals surface area contributed by atoms with Crippen LogP contribution in [0.3, 0.4) is 0 Å². The maximum atomic E-state index is 12.0. The van der Waals surface area contributed by atoms with Crippen molar-refractivity contribution in [1.29, 1.82) is 0 Å². The van der Waals surface area contributed by atoms with Gasteiger partial charge in [-0.15, -0.1) is 0 Å². The second-order valence-corrected chi connectivity index (χ2v) is 6.69. The van der Waals surface area contributed by atoms with E-state index in [9.17, 15) is 13.5 Å². The van der Waals surface area contributed by atoms with Crippen molar-refractivity contribution in [2.75, 3.05) is 12.3 Å². The van der Waals surface area contributed by atoms with Gasteiger partial charge in [0, 0.05) is 17.3 Å². The minimum Gasteiger partial charge on any atom is -0.508 e. The summed E-state index contributed by atoms with van der Waals surface area (Å²) in [5.41, 5.74) is 6.60. The van der Waals surface area contributed by atoms with Crippen molar-refractivity contribution in [2.24, 2.45) is 0 Å². The Hall–Kier alpha value is -1.76. The molecule has 0 spiro atoms. The molecule has 0 aliphatic rings. The van der Waals surface area contributed by atoms with Gasteiger partial charge in [0.15, 0.2) is 0 Å². The smallest absolute Gasteiger partial charge is 0.240 e. The average molecular weight is 327 g/mol. The van der Waals surface area contributed by atoms with Gasteiger partial charge in [0.2, 0.25) is 10.0 Å². The Morgan fingerprint density at radius 2 is 1.81 bits per heavy atom. The first-order valence-electron chi connectivity index (χ1n) is 6.21. The second kappa shape index (κ2) is 6.34. The summed E-state index contributed by atoms with van der Waals surface area (Å²) < 4.78 is 26.6. The van der Waals surface area contributed by atoms with Gasteiger partial charge in [-0.1, -0.05) is 11.6 Å². The first kappa shape index (κ1) is 15.6. The molecule has 0 saturated carbocycles. The molecule has 0 aromatic heterocycles. The van der Waals surface area contributed by atoms with Crippen LogP contribution in [0.5, 0.6) is 5.75 Å². The fraction of sp³-hybridized carbons (Fsp3) is 0.143. The molecule has 112 valence electrons. The highest BCUT2D eigenvalue weighted by molar-refractivity contribution is 7.89. The predicted molar refractivity (Wildman–Crippen MR) is 82.9 cm³/mol. The van der Waals surface area contributed by atoms with E-state index in [1.165, 1.54) is 30.3 Å². The normalized spacial score (nSPS) is 11.5. The first-order chi connectivity index (χ1) is 9.88. The van der Waals surface area contributed by atoms with Crippen molar-refractivity contribution in [3.63, 3.8) is 0 Å². The van der Waals surface area contributed by atoms with Crippen LogP contribution in [-0.4, -0.2) is 20.1 Å². The van der Waals surface area contributed by atoms with Crippen LogP contribution in [0.4, 0.5) is 5.69 Å². The number of halogens is 1. The zero-order valence-corrected chi connectivity index (χ0v) is 12.7. The molecule has 0 amide bonds. The largest absolute Gasteiger partial charge is 0.508 e. The van der Waals surface area contributed by atoms with Gasteiger partial charge in [0.1, 0.15) is 5.75 Å². The lowest BCUT2D eigenvalue weighted by molar-refractivity contribution is 0.467. The third-order valence-electron chi connectivity index (χ3n) is 2.92. The molecule has 0 radical (unpaired) electrons. The van der Waals surface area contributed by atoms with Crippen LogP contribution in [0.15, 0.2) is 47.4 Å². The van der Waals surface area contributed by atoms with Gasteiger partial charge < -0.3 is 10.8 Å². The number of nitrogen functional groups attached to an aromatic ring is 1. The number of hydrogen-bond acceptors (Lipinski definition) is 4. The summed E-state index contributed by atoms with van der Waals surface area (Å²) in [6.07, 6.45) is 0.334. The van der Waals surface area contributed by atoms with E-state index in [1.54, 1.807) is 12.1 Å². The molecule has 2 aromatic rings. The number of phenols is 1. The Bertz CT molecular complexity index is 730. The standard InChI is InChI=1S/C14H15ClN2O3S/c15-11-1-6-14(18)10(9-11)7-8-17-21(19,20)13-4-2-12(16)3-5-13/h1-6,9,17-18H,7-8,16H2. The van der Waals surface area contributed by atoms with E-state index in [-0.39, 0.29) is 17.2 Å². The van der Waals surface area contributed by atoms with Crippen molar-refractivity contribution in [1.82, 2.24) is 4.72 Å². The van der Waals surface area contributed by atoms with Crippen molar-refractivity contribution in [2.45, 2.75) is 11.3 Å². The second-order valence-electron chi connectivity index (χ2n) is 4.49. The SMILES string of the molecule is Nc1ccc(S(=O)(=O)NCCc2cc(Cl)ccc2O)cc1. The first-order valence-corrected chi connectivity index (χ1v) is 8.07. The third kappa shape index (κ3) is 4.10. The Kier molecular flexibility index (Phi) is 4.72. The van der Waals surface area contributed by atoms with Crippen LogP contribution in [0.2, 0.25) is 5.02 Å². The summed E-state index contributed by atoms with van der Waals surface area (Å²) in [4.78, 5) is 0.145. The van der Waals surface area contributed by atoms with Crippen molar-refractivity contribution >= 4 is 27.3 Å². The lowest BCUT2D eigenvalue weighted by atomic mass is 10.1. The Labute approximate surface area is 128 Å². The van der Waals surface area contributed by atoms with Gasteiger partial charge in [-0.25, -0.2) is 13.1 Å². The zero-order valence-electron chi connectivity index (χ0n) is 11.1. The number of nitrogens with two attached hydrogens (primary N) is 1. The molecule has 0 unspecified atom stereocenters. The monoisotopic (exact) mass is 326 g/mol. The molecule has 21 heavy (non-hydrogen) atoms. The van der Waals surface area contributed by atoms with Crippen LogP contribution in [0.25, 0.3) is 0 Å². The molecule has 0 aliphatic carbocycles. The summed E-state index contributed by atoms with van der Waals surface area (Å²) in [5, 5.41) is 10.2. The van der Waals surface area contributed by atoms with Gasteiger partial charge >= 0.3 is 0 Å².